The summed E-state index contributed by atoms with van der Waals surface area (Å²) in [5.74, 6) is 0. The van der Waals surface area contributed by atoms with Crippen LogP contribution >= 0.6 is 34.8 Å². The Bertz CT molecular complexity index is 360. The Kier molecular flexibility index (Phi) is 5.56. The second-order valence-corrected chi connectivity index (χ2v) is 4.04. The van der Waals surface area contributed by atoms with E-state index < -0.39 is 0 Å². The van der Waals surface area contributed by atoms with Gasteiger partial charge in [0.1, 0.15) is 0 Å². The smallest absolute Gasteiger partial charge is 0.0407 e. The third kappa shape index (κ3) is 5.68. The van der Waals surface area contributed by atoms with Gasteiger partial charge in [-0.05, 0) is 36.4 Å². The Morgan fingerprint density at radius 1 is 0.467 bits per heavy atom. The maximum atomic E-state index is 5.55. The summed E-state index contributed by atoms with van der Waals surface area (Å²) in [6.45, 7) is 0. The van der Waals surface area contributed by atoms with Crippen LogP contribution in [0.1, 0.15) is 0 Å². The lowest BCUT2D eigenvalue weighted by atomic mass is 10.4. The van der Waals surface area contributed by atoms with Crippen molar-refractivity contribution in [2.24, 2.45) is 0 Å². The first kappa shape index (κ1) is 12.4. The Hall–Kier alpha value is -0.690. The molecule has 0 aromatic heterocycles. The lowest BCUT2D eigenvalue weighted by molar-refractivity contribution is 1.71. The Morgan fingerprint density at radius 2 is 0.800 bits per heavy atom. The largest absolute Gasteiger partial charge is 0.0843 e. The van der Waals surface area contributed by atoms with Gasteiger partial charge in [0.05, 0.1) is 0 Å². The SMILES string of the molecule is Clc1ccc(Cl)cc1.Clc1ccccc1. The molecule has 0 spiro atoms. The first-order valence-electron chi connectivity index (χ1n) is 4.30. The minimum Gasteiger partial charge on any atom is -0.0843 e. The second kappa shape index (κ2) is 6.73. The Morgan fingerprint density at radius 3 is 1.07 bits per heavy atom. The highest BCUT2D eigenvalue weighted by Gasteiger charge is 1.83. The van der Waals surface area contributed by atoms with Crippen LogP contribution in [0.5, 0.6) is 0 Å². The van der Waals surface area contributed by atoms with Gasteiger partial charge in [0.25, 0.3) is 0 Å². The van der Waals surface area contributed by atoms with Crippen LogP contribution in [0.3, 0.4) is 0 Å². The summed E-state index contributed by atoms with van der Waals surface area (Å²) in [6, 6.07) is 16.5. The molecule has 3 heteroatoms. The molecule has 0 atom stereocenters. The molecule has 15 heavy (non-hydrogen) atoms. The summed E-state index contributed by atoms with van der Waals surface area (Å²) in [5.41, 5.74) is 0. The molecule has 2 aromatic rings. The van der Waals surface area contributed by atoms with E-state index in [2.05, 4.69) is 0 Å². The normalized spacial score (nSPS) is 9.00. The zero-order valence-corrected chi connectivity index (χ0v) is 10.1. The lowest BCUT2D eigenvalue weighted by Crippen LogP contribution is -1.60. The van der Waals surface area contributed by atoms with E-state index in [-0.39, 0.29) is 0 Å². The molecule has 0 N–H and O–H groups in total. The summed E-state index contributed by atoms with van der Waals surface area (Å²) in [5, 5.41) is 2.23. The molecule has 2 rings (SSSR count). The van der Waals surface area contributed by atoms with Gasteiger partial charge >= 0.3 is 0 Å². The molecule has 0 amide bonds. The van der Waals surface area contributed by atoms with Crippen molar-refractivity contribution < 1.29 is 0 Å². The van der Waals surface area contributed by atoms with Crippen molar-refractivity contribution in [2.75, 3.05) is 0 Å². The highest BCUT2D eigenvalue weighted by Crippen LogP contribution is 2.12. The van der Waals surface area contributed by atoms with Crippen LogP contribution in [0.4, 0.5) is 0 Å². The van der Waals surface area contributed by atoms with Gasteiger partial charge in [-0.15, -0.1) is 0 Å². The van der Waals surface area contributed by atoms with Crippen molar-refractivity contribution in [3.63, 3.8) is 0 Å². The molecule has 2 aromatic carbocycles. The lowest BCUT2D eigenvalue weighted by Gasteiger charge is -1.86. The maximum absolute atomic E-state index is 5.55. The molecule has 0 saturated carbocycles. The van der Waals surface area contributed by atoms with E-state index in [4.69, 9.17) is 34.8 Å². The third-order valence-corrected chi connectivity index (χ3v) is 2.29. The second-order valence-electron chi connectivity index (χ2n) is 2.73. The minimum absolute atomic E-state index is 0.717. The van der Waals surface area contributed by atoms with Gasteiger partial charge < -0.3 is 0 Å². The fourth-order valence-corrected chi connectivity index (χ4v) is 1.24. The third-order valence-electron chi connectivity index (χ3n) is 1.54. The highest BCUT2D eigenvalue weighted by molar-refractivity contribution is 6.32. The molecule has 0 bridgehead atoms. The van der Waals surface area contributed by atoms with Gasteiger partial charge in [0.15, 0.2) is 0 Å². The fourth-order valence-electron chi connectivity index (χ4n) is 0.844. The summed E-state index contributed by atoms with van der Waals surface area (Å²) in [6.07, 6.45) is 0. The van der Waals surface area contributed by atoms with E-state index in [0.29, 0.717) is 0 Å². The van der Waals surface area contributed by atoms with Gasteiger partial charge in [-0.1, -0.05) is 53.0 Å². The van der Waals surface area contributed by atoms with Gasteiger partial charge in [0, 0.05) is 15.1 Å². The first-order chi connectivity index (χ1) is 7.18. The molecule has 0 aliphatic rings. The minimum atomic E-state index is 0.717. The number of benzene rings is 2. The summed E-state index contributed by atoms with van der Waals surface area (Å²) < 4.78 is 0. The van der Waals surface area contributed by atoms with Crippen molar-refractivity contribution in [1.82, 2.24) is 0 Å². The van der Waals surface area contributed by atoms with Gasteiger partial charge in [-0.25, -0.2) is 0 Å². The molecule has 0 unspecified atom stereocenters. The molecule has 0 radical (unpaired) electrons. The maximum Gasteiger partial charge on any atom is 0.0407 e. The molecule has 78 valence electrons. The molecule has 0 nitrogen and oxygen atoms in total. The van der Waals surface area contributed by atoms with Gasteiger partial charge in [-0.2, -0.15) is 0 Å². The van der Waals surface area contributed by atoms with E-state index in [0.717, 1.165) is 15.1 Å². The predicted octanol–water partition coefficient (Wildman–Crippen LogP) is 5.33. The predicted molar refractivity (Wildman–Crippen MR) is 67.9 cm³/mol. The molecule has 0 heterocycles. The van der Waals surface area contributed by atoms with Crippen LogP contribution in [-0.2, 0) is 0 Å². The van der Waals surface area contributed by atoms with Crippen molar-refractivity contribution in [3.05, 3.63) is 69.7 Å². The zero-order chi connectivity index (χ0) is 11.1. The first-order valence-corrected chi connectivity index (χ1v) is 5.43. The molecular formula is C12H9Cl3. The molecule has 0 aliphatic carbocycles. The van der Waals surface area contributed by atoms with Crippen LogP contribution in [0, 0.1) is 0 Å². The Labute approximate surface area is 104 Å². The van der Waals surface area contributed by atoms with Crippen molar-refractivity contribution in [2.45, 2.75) is 0 Å². The average Bonchev–Trinajstić information content (AvgIpc) is 2.25. The van der Waals surface area contributed by atoms with E-state index in [1.54, 1.807) is 24.3 Å². The zero-order valence-electron chi connectivity index (χ0n) is 7.83. The summed E-state index contributed by atoms with van der Waals surface area (Å²) >= 11 is 16.6. The summed E-state index contributed by atoms with van der Waals surface area (Å²) in [4.78, 5) is 0. The van der Waals surface area contributed by atoms with Crippen molar-refractivity contribution >= 4 is 34.8 Å². The Balaban J connectivity index is 0.000000151. The number of halogens is 3. The fraction of sp³-hybridized carbons (Fsp3) is 0. The van der Waals surface area contributed by atoms with Crippen LogP contribution in [0.25, 0.3) is 0 Å². The standard InChI is InChI=1S/C6H4Cl2.C6H5Cl/c7-5-1-2-6(8)4-3-5;7-6-4-2-1-3-5-6/h1-4H;1-5H. The van der Waals surface area contributed by atoms with Gasteiger partial charge in [-0.3, -0.25) is 0 Å². The molecular weight excluding hydrogens is 250 g/mol. The van der Waals surface area contributed by atoms with E-state index in [9.17, 15) is 0 Å². The quantitative estimate of drug-likeness (QED) is 0.599. The van der Waals surface area contributed by atoms with Crippen LogP contribution in [0.15, 0.2) is 54.6 Å². The van der Waals surface area contributed by atoms with Crippen LogP contribution < -0.4 is 0 Å². The highest BCUT2D eigenvalue weighted by atomic mass is 35.5. The molecule has 0 aliphatic heterocycles. The van der Waals surface area contributed by atoms with Crippen molar-refractivity contribution in [1.29, 1.82) is 0 Å². The molecule has 0 saturated heterocycles. The number of rotatable bonds is 0. The van der Waals surface area contributed by atoms with E-state index in [1.165, 1.54) is 0 Å². The van der Waals surface area contributed by atoms with Crippen LogP contribution in [-0.4, -0.2) is 0 Å². The topological polar surface area (TPSA) is 0 Å². The van der Waals surface area contributed by atoms with E-state index in [1.807, 2.05) is 30.3 Å². The average molecular weight is 260 g/mol. The number of hydrogen-bond acceptors (Lipinski definition) is 0. The van der Waals surface area contributed by atoms with Crippen molar-refractivity contribution in [3.8, 4) is 0 Å². The summed E-state index contributed by atoms with van der Waals surface area (Å²) in [7, 11) is 0. The van der Waals surface area contributed by atoms with Crippen LogP contribution in [0.2, 0.25) is 15.1 Å². The molecule has 0 fully saturated rings. The monoisotopic (exact) mass is 258 g/mol. The van der Waals surface area contributed by atoms with Gasteiger partial charge in [0.2, 0.25) is 0 Å². The number of hydrogen-bond donors (Lipinski definition) is 0. The van der Waals surface area contributed by atoms with E-state index >= 15 is 0 Å².